The molecule has 124 valence electrons. The zero-order valence-electron chi connectivity index (χ0n) is 13.0. The van der Waals surface area contributed by atoms with Crippen molar-refractivity contribution < 1.29 is 23.9 Å². The van der Waals surface area contributed by atoms with Crippen LogP contribution in [-0.4, -0.2) is 47.4 Å². The van der Waals surface area contributed by atoms with Crippen molar-refractivity contribution in [3.63, 3.8) is 0 Å². The van der Waals surface area contributed by atoms with Crippen LogP contribution >= 0.6 is 0 Å². The number of para-hydroxylation sites is 1. The van der Waals surface area contributed by atoms with Crippen molar-refractivity contribution in [3.05, 3.63) is 54.0 Å². The quantitative estimate of drug-likeness (QED) is 0.925. The second-order valence-electron chi connectivity index (χ2n) is 5.52. The van der Waals surface area contributed by atoms with E-state index in [0.29, 0.717) is 13.0 Å². The van der Waals surface area contributed by atoms with Gasteiger partial charge in [-0.15, -0.1) is 0 Å². The fourth-order valence-electron chi connectivity index (χ4n) is 2.77. The van der Waals surface area contributed by atoms with Crippen LogP contribution in [-0.2, 0) is 4.79 Å². The Kier molecular flexibility index (Phi) is 4.07. The Morgan fingerprint density at radius 2 is 1.83 bits per heavy atom. The van der Waals surface area contributed by atoms with E-state index in [9.17, 15) is 14.4 Å². The van der Waals surface area contributed by atoms with Gasteiger partial charge in [0.05, 0.1) is 0 Å². The molecule has 1 aliphatic rings. The highest BCUT2D eigenvalue weighted by atomic mass is 16.4. The van der Waals surface area contributed by atoms with E-state index in [2.05, 4.69) is 0 Å². The summed E-state index contributed by atoms with van der Waals surface area (Å²) in [6, 6.07) is 11.2. The summed E-state index contributed by atoms with van der Waals surface area (Å²) in [5.41, 5.74) is 0.789. The molecule has 1 aromatic heterocycles. The molecule has 7 nitrogen and oxygen atoms in total. The first kappa shape index (κ1) is 15.8. The maximum Gasteiger partial charge on any atom is 0.371 e. The summed E-state index contributed by atoms with van der Waals surface area (Å²) in [7, 11) is 1.52. The second-order valence-corrected chi connectivity index (χ2v) is 5.52. The average Bonchev–Trinajstić information content (AvgIpc) is 3.21. The number of aromatic carboxylic acids is 1. The topological polar surface area (TPSA) is 91.1 Å². The molecule has 0 saturated carbocycles. The first-order valence-electron chi connectivity index (χ1n) is 7.45. The van der Waals surface area contributed by atoms with E-state index < -0.39 is 17.9 Å². The van der Waals surface area contributed by atoms with Gasteiger partial charge in [-0.25, -0.2) is 4.79 Å². The lowest BCUT2D eigenvalue weighted by atomic mass is 10.2. The van der Waals surface area contributed by atoms with Crippen LogP contribution in [0.3, 0.4) is 0 Å². The van der Waals surface area contributed by atoms with Crippen molar-refractivity contribution in [1.29, 1.82) is 0 Å². The van der Waals surface area contributed by atoms with Crippen LogP contribution in [0.2, 0.25) is 0 Å². The molecule has 1 N–H and O–H groups in total. The molecule has 0 bridgehead atoms. The molecule has 1 atom stereocenters. The first-order valence-corrected chi connectivity index (χ1v) is 7.45. The van der Waals surface area contributed by atoms with Gasteiger partial charge in [-0.3, -0.25) is 9.59 Å². The van der Waals surface area contributed by atoms with Crippen LogP contribution in [0.25, 0.3) is 0 Å². The van der Waals surface area contributed by atoms with Gasteiger partial charge in [-0.1, -0.05) is 18.2 Å². The highest BCUT2D eigenvalue weighted by Crippen LogP contribution is 2.24. The number of amides is 2. The van der Waals surface area contributed by atoms with Crippen LogP contribution in [0.5, 0.6) is 0 Å². The standard InChI is InChI=1S/C17H16N2O5/c1-18(16(21)13-7-8-14(24-13)17(22)23)12-9-10-19(15(12)20)11-5-3-2-4-6-11/h2-8,12H,9-10H2,1H3,(H,22,23)/t12-/m0/s1. The van der Waals surface area contributed by atoms with E-state index in [-0.39, 0.29) is 17.4 Å². The third kappa shape index (κ3) is 2.76. The highest BCUT2D eigenvalue weighted by molar-refractivity contribution is 6.03. The number of carbonyl (C=O) groups is 3. The first-order chi connectivity index (χ1) is 11.5. The van der Waals surface area contributed by atoms with Crippen molar-refractivity contribution in [3.8, 4) is 0 Å². The third-order valence-electron chi connectivity index (χ3n) is 4.06. The normalized spacial score (nSPS) is 17.1. The number of carboxylic acid groups (broad SMARTS) is 1. The maximum atomic E-state index is 12.6. The Labute approximate surface area is 138 Å². The predicted molar refractivity (Wildman–Crippen MR) is 85.0 cm³/mol. The molecule has 1 fully saturated rings. The maximum absolute atomic E-state index is 12.6. The SMILES string of the molecule is CN(C(=O)c1ccc(C(=O)O)o1)[C@H]1CCN(c2ccccc2)C1=O. The Hall–Kier alpha value is -3.09. The van der Waals surface area contributed by atoms with E-state index in [1.54, 1.807) is 4.90 Å². The molecule has 0 aliphatic carbocycles. The zero-order chi connectivity index (χ0) is 17.3. The number of carbonyl (C=O) groups excluding carboxylic acids is 2. The van der Waals surface area contributed by atoms with E-state index in [1.165, 1.54) is 24.1 Å². The summed E-state index contributed by atoms with van der Waals surface area (Å²) in [6.07, 6.45) is 0.502. The minimum atomic E-state index is -1.25. The average molecular weight is 328 g/mol. The van der Waals surface area contributed by atoms with Gasteiger partial charge in [-0.2, -0.15) is 0 Å². The minimum Gasteiger partial charge on any atom is -0.475 e. The molecule has 2 heterocycles. The van der Waals surface area contributed by atoms with Gasteiger partial charge in [0.25, 0.3) is 5.91 Å². The number of hydrogen-bond acceptors (Lipinski definition) is 4. The molecule has 7 heteroatoms. The molecule has 1 saturated heterocycles. The Morgan fingerprint density at radius 1 is 1.17 bits per heavy atom. The van der Waals surface area contributed by atoms with Crippen molar-refractivity contribution in [2.75, 3.05) is 18.5 Å². The van der Waals surface area contributed by atoms with Gasteiger partial charge in [0.1, 0.15) is 6.04 Å². The summed E-state index contributed by atoms with van der Waals surface area (Å²) in [5, 5.41) is 8.85. The molecular formula is C17H16N2O5. The number of furan rings is 1. The van der Waals surface area contributed by atoms with Crippen LogP contribution in [0, 0.1) is 0 Å². The molecule has 2 amide bonds. The van der Waals surface area contributed by atoms with E-state index in [1.807, 2.05) is 30.3 Å². The highest BCUT2D eigenvalue weighted by Gasteiger charge is 2.38. The molecule has 2 aromatic rings. The van der Waals surface area contributed by atoms with Gasteiger partial charge in [0, 0.05) is 19.3 Å². The number of hydrogen-bond donors (Lipinski definition) is 1. The Morgan fingerprint density at radius 3 is 2.46 bits per heavy atom. The summed E-state index contributed by atoms with van der Waals surface area (Å²) >= 11 is 0. The monoisotopic (exact) mass is 328 g/mol. The molecule has 3 rings (SSSR count). The van der Waals surface area contributed by atoms with Crippen molar-refractivity contribution in [2.24, 2.45) is 0 Å². The number of anilines is 1. The van der Waals surface area contributed by atoms with Gasteiger partial charge in [-0.05, 0) is 30.7 Å². The Bertz CT molecular complexity index is 783. The fraction of sp³-hybridized carbons (Fsp3) is 0.235. The van der Waals surface area contributed by atoms with Gasteiger partial charge in [0.2, 0.25) is 11.7 Å². The molecule has 0 spiro atoms. The number of likely N-dealkylation sites (N-methyl/N-ethyl adjacent to an activating group) is 1. The van der Waals surface area contributed by atoms with Gasteiger partial charge < -0.3 is 19.3 Å². The Balaban J connectivity index is 1.75. The van der Waals surface area contributed by atoms with E-state index >= 15 is 0 Å². The van der Waals surface area contributed by atoms with Crippen LogP contribution in [0.15, 0.2) is 46.9 Å². The smallest absolute Gasteiger partial charge is 0.371 e. The summed E-state index contributed by atoms with van der Waals surface area (Å²) in [6.45, 7) is 0.518. The van der Waals surface area contributed by atoms with E-state index in [4.69, 9.17) is 9.52 Å². The molecule has 0 radical (unpaired) electrons. The third-order valence-corrected chi connectivity index (χ3v) is 4.06. The van der Waals surface area contributed by atoms with Crippen LogP contribution < -0.4 is 4.90 Å². The molecule has 1 aromatic carbocycles. The van der Waals surface area contributed by atoms with Gasteiger partial charge >= 0.3 is 5.97 Å². The number of rotatable bonds is 4. The molecule has 24 heavy (non-hydrogen) atoms. The van der Waals surface area contributed by atoms with E-state index in [0.717, 1.165) is 5.69 Å². The second kappa shape index (κ2) is 6.19. The summed E-state index contributed by atoms with van der Waals surface area (Å²) in [5.74, 6) is -2.34. The van der Waals surface area contributed by atoms with Gasteiger partial charge in [0.15, 0.2) is 5.76 Å². The van der Waals surface area contributed by atoms with Crippen molar-refractivity contribution in [2.45, 2.75) is 12.5 Å². The lowest BCUT2D eigenvalue weighted by Gasteiger charge is -2.23. The lowest BCUT2D eigenvalue weighted by molar-refractivity contribution is -0.120. The molecule has 0 unspecified atom stereocenters. The molecule has 1 aliphatic heterocycles. The largest absolute Gasteiger partial charge is 0.475 e. The summed E-state index contributed by atoms with van der Waals surface area (Å²) in [4.78, 5) is 38.8. The fourth-order valence-corrected chi connectivity index (χ4v) is 2.77. The lowest BCUT2D eigenvalue weighted by Crippen LogP contribution is -2.42. The van der Waals surface area contributed by atoms with Crippen LogP contribution in [0.1, 0.15) is 27.5 Å². The van der Waals surface area contributed by atoms with Crippen molar-refractivity contribution >= 4 is 23.5 Å². The zero-order valence-corrected chi connectivity index (χ0v) is 13.0. The predicted octanol–water partition coefficient (Wildman–Crippen LogP) is 1.86. The summed E-state index contributed by atoms with van der Waals surface area (Å²) < 4.78 is 5.02. The number of nitrogens with zero attached hydrogens (tertiary/aromatic N) is 2. The van der Waals surface area contributed by atoms with Crippen molar-refractivity contribution in [1.82, 2.24) is 4.90 Å². The molecular weight excluding hydrogens is 312 g/mol. The number of carboxylic acids is 1. The minimum absolute atomic E-state index is 0.0964. The number of benzene rings is 1. The van der Waals surface area contributed by atoms with Crippen LogP contribution in [0.4, 0.5) is 5.69 Å².